The Morgan fingerprint density at radius 3 is 2.40 bits per heavy atom. The number of para-hydroxylation sites is 1. The van der Waals surface area contributed by atoms with Crippen molar-refractivity contribution in [1.29, 1.82) is 0 Å². The standard InChI is InChI=1S/C24H28N2O4/c1-25-16-22(20-6-4-5-7-23(20)25)21(15-24(27)26-8-10-30-11-9-26)17-12-18(28-2)14-19(13-17)29-3/h4-7,12-14,16,21H,8-11,15H2,1-3H3. The number of nitrogens with zero attached hydrogens (tertiary/aromatic N) is 2. The third-order valence-electron chi connectivity index (χ3n) is 5.82. The van der Waals surface area contributed by atoms with Crippen molar-refractivity contribution in [3.8, 4) is 11.5 Å². The number of fused-ring (bicyclic) bond motifs is 1. The van der Waals surface area contributed by atoms with Crippen LogP contribution in [0.4, 0.5) is 0 Å². The van der Waals surface area contributed by atoms with E-state index in [1.54, 1.807) is 14.2 Å². The molecule has 0 spiro atoms. The summed E-state index contributed by atoms with van der Waals surface area (Å²) in [6.07, 6.45) is 2.51. The second kappa shape index (κ2) is 8.79. The summed E-state index contributed by atoms with van der Waals surface area (Å²) in [5.41, 5.74) is 3.28. The minimum atomic E-state index is -0.115. The fourth-order valence-electron chi connectivity index (χ4n) is 4.21. The Morgan fingerprint density at radius 2 is 1.73 bits per heavy atom. The SMILES string of the molecule is COc1cc(OC)cc(C(CC(=O)N2CCOCC2)c2cn(C)c3ccccc23)c1. The van der Waals surface area contributed by atoms with Gasteiger partial charge in [0.25, 0.3) is 0 Å². The summed E-state index contributed by atoms with van der Waals surface area (Å²) in [6.45, 7) is 2.47. The average molecular weight is 408 g/mol. The fraction of sp³-hybridized carbons (Fsp3) is 0.375. The Balaban J connectivity index is 1.79. The molecule has 30 heavy (non-hydrogen) atoms. The van der Waals surface area contributed by atoms with Crippen LogP contribution in [0.25, 0.3) is 10.9 Å². The summed E-state index contributed by atoms with van der Waals surface area (Å²) < 4.78 is 18.5. The van der Waals surface area contributed by atoms with E-state index in [0.717, 1.165) is 22.0 Å². The van der Waals surface area contributed by atoms with Crippen LogP contribution in [0, 0.1) is 0 Å². The third kappa shape index (κ3) is 4.00. The van der Waals surface area contributed by atoms with E-state index in [0.29, 0.717) is 44.2 Å². The molecule has 6 nitrogen and oxygen atoms in total. The van der Waals surface area contributed by atoms with Gasteiger partial charge in [0.1, 0.15) is 11.5 Å². The third-order valence-corrected chi connectivity index (χ3v) is 5.82. The summed E-state index contributed by atoms with van der Waals surface area (Å²) in [7, 11) is 5.33. The Hall–Kier alpha value is -2.99. The predicted molar refractivity (Wildman–Crippen MR) is 116 cm³/mol. The van der Waals surface area contributed by atoms with E-state index in [1.165, 1.54) is 0 Å². The van der Waals surface area contributed by atoms with Crippen molar-refractivity contribution >= 4 is 16.8 Å². The molecule has 0 aliphatic carbocycles. The van der Waals surface area contributed by atoms with Crippen LogP contribution in [0.15, 0.2) is 48.7 Å². The molecule has 0 radical (unpaired) electrons. The lowest BCUT2D eigenvalue weighted by Crippen LogP contribution is -2.41. The number of hydrogen-bond acceptors (Lipinski definition) is 4. The number of methoxy groups -OCH3 is 2. The summed E-state index contributed by atoms with van der Waals surface area (Å²) in [6, 6.07) is 14.2. The lowest BCUT2D eigenvalue weighted by Gasteiger charge is -2.29. The lowest BCUT2D eigenvalue weighted by atomic mass is 9.87. The predicted octanol–water partition coefficient (Wildman–Crippen LogP) is 3.58. The van der Waals surface area contributed by atoms with Crippen LogP contribution in [0.5, 0.6) is 11.5 Å². The van der Waals surface area contributed by atoms with Crippen molar-refractivity contribution in [3.63, 3.8) is 0 Å². The summed E-state index contributed by atoms with van der Waals surface area (Å²) in [5.74, 6) is 1.45. The van der Waals surface area contributed by atoms with E-state index in [9.17, 15) is 4.79 Å². The Labute approximate surface area is 176 Å². The first-order valence-corrected chi connectivity index (χ1v) is 10.2. The van der Waals surface area contributed by atoms with Gasteiger partial charge < -0.3 is 23.7 Å². The van der Waals surface area contributed by atoms with E-state index in [2.05, 4.69) is 22.9 Å². The highest BCUT2D eigenvalue weighted by Gasteiger charge is 2.26. The van der Waals surface area contributed by atoms with Crippen molar-refractivity contribution in [1.82, 2.24) is 9.47 Å². The zero-order valence-corrected chi connectivity index (χ0v) is 17.8. The summed E-state index contributed by atoms with van der Waals surface area (Å²) in [5, 5.41) is 1.15. The van der Waals surface area contributed by atoms with E-state index in [-0.39, 0.29) is 11.8 Å². The highest BCUT2D eigenvalue weighted by atomic mass is 16.5. The number of hydrogen-bond donors (Lipinski definition) is 0. The first-order valence-electron chi connectivity index (χ1n) is 10.2. The Kier molecular flexibility index (Phi) is 5.95. The Morgan fingerprint density at radius 1 is 1.07 bits per heavy atom. The number of carbonyl (C=O) groups excluding carboxylic acids is 1. The average Bonchev–Trinajstić information content (AvgIpc) is 3.13. The van der Waals surface area contributed by atoms with Crippen LogP contribution in [-0.2, 0) is 16.6 Å². The molecule has 0 bridgehead atoms. The molecule has 1 aliphatic rings. The van der Waals surface area contributed by atoms with E-state index in [1.807, 2.05) is 42.3 Å². The molecule has 158 valence electrons. The monoisotopic (exact) mass is 408 g/mol. The smallest absolute Gasteiger partial charge is 0.223 e. The van der Waals surface area contributed by atoms with Crippen LogP contribution < -0.4 is 9.47 Å². The number of aromatic nitrogens is 1. The van der Waals surface area contributed by atoms with Crippen LogP contribution in [-0.4, -0.2) is 55.9 Å². The van der Waals surface area contributed by atoms with Gasteiger partial charge in [-0.05, 0) is 29.3 Å². The topological polar surface area (TPSA) is 52.9 Å². The van der Waals surface area contributed by atoms with Crippen molar-refractivity contribution < 1.29 is 19.0 Å². The minimum Gasteiger partial charge on any atom is -0.497 e. The molecule has 1 atom stereocenters. The van der Waals surface area contributed by atoms with Crippen LogP contribution in [0.1, 0.15) is 23.5 Å². The van der Waals surface area contributed by atoms with Crippen molar-refractivity contribution in [2.24, 2.45) is 7.05 Å². The molecule has 3 aromatic rings. The molecule has 4 rings (SSSR count). The Bertz CT molecular complexity index is 1010. The lowest BCUT2D eigenvalue weighted by molar-refractivity contribution is -0.135. The molecule has 2 heterocycles. The summed E-state index contributed by atoms with van der Waals surface area (Å²) >= 11 is 0. The van der Waals surface area contributed by atoms with Gasteiger partial charge in [-0.25, -0.2) is 0 Å². The van der Waals surface area contributed by atoms with Gasteiger partial charge in [0, 0.05) is 55.6 Å². The molecular weight excluding hydrogens is 380 g/mol. The molecule has 0 saturated carbocycles. The highest BCUT2D eigenvalue weighted by molar-refractivity contribution is 5.86. The summed E-state index contributed by atoms with van der Waals surface area (Å²) in [4.78, 5) is 15.1. The largest absolute Gasteiger partial charge is 0.497 e. The van der Waals surface area contributed by atoms with Gasteiger partial charge in [0.2, 0.25) is 5.91 Å². The van der Waals surface area contributed by atoms with E-state index >= 15 is 0 Å². The van der Waals surface area contributed by atoms with Crippen molar-refractivity contribution in [3.05, 3.63) is 59.8 Å². The molecule has 1 saturated heterocycles. The molecule has 1 amide bonds. The molecule has 6 heteroatoms. The van der Waals surface area contributed by atoms with Gasteiger partial charge in [-0.3, -0.25) is 4.79 Å². The number of amides is 1. The molecule has 0 N–H and O–H groups in total. The number of aryl methyl sites for hydroxylation is 1. The normalized spacial score (nSPS) is 15.2. The number of benzene rings is 2. The second-order valence-corrected chi connectivity index (χ2v) is 7.61. The van der Waals surface area contributed by atoms with Gasteiger partial charge in [-0.2, -0.15) is 0 Å². The number of ether oxygens (including phenoxy) is 3. The maximum absolute atomic E-state index is 13.2. The molecular formula is C24H28N2O4. The van der Waals surface area contributed by atoms with Crippen LogP contribution >= 0.6 is 0 Å². The van der Waals surface area contributed by atoms with Gasteiger partial charge in [0.15, 0.2) is 0 Å². The molecule has 1 aromatic heterocycles. The number of carbonyl (C=O) groups is 1. The fourth-order valence-corrected chi connectivity index (χ4v) is 4.21. The van der Waals surface area contributed by atoms with Crippen LogP contribution in [0.3, 0.4) is 0 Å². The van der Waals surface area contributed by atoms with Crippen LogP contribution in [0.2, 0.25) is 0 Å². The van der Waals surface area contributed by atoms with Gasteiger partial charge >= 0.3 is 0 Å². The van der Waals surface area contributed by atoms with Gasteiger partial charge in [-0.1, -0.05) is 18.2 Å². The quantitative estimate of drug-likeness (QED) is 0.626. The number of rotatable bonds is 6. The number of morpholine rings is 1. The first kappa shape index (κ1) is 20.3. The van der Waals surface area contributed by atoms with Crippen molar-refractivity contribution in [2.45, 2.75) is 12.3 Å². The van der Waals surface area contributed by atoms with Crippen molar-refractivity contribution in [2.75, 3.05) is 40.5 Å². The first-order chi connectivity index (χ1) is 14.6. The van der Waals surface area contributed by atoms with E-state index < -0.39 is 0 Å². The van der Waals surface area contributed by atoms with E-state index in [4.69, 9.17) is 14.2 Å². The molecule has 1 aliphatic heterocycles. The van der Waals surface area contributed by atoms with Gasteiger partial charge in [0.05, 0.1) is 27.4 Å². The molecule has 2 aromatic carbocycles. The molecule has 1 unspecified atom stereocenters. The maximum Gasteiger partial charge on any atom is 0.223 e. The van der Waals surface area contributed by atoms with Gasteiger partial charge in [-0.15, -0.1) is 0 Å². The molecule has 1 fully saturated rings. The highest BCUT2D eigenvalue weighted by Crippen LogP contribution is 2.38. The second-order valence-electron chi connectivity index (χ2n) is 7.61. The zero-order chi connectivity index (χ0) is 21.1. The zero-order valence-electron chi connectivity index (χ0n) is 17.8. The minimum absolute atomic E-state index is 0.115. The maximum atomic E-state index is 13.2.